The molecule has 3 unspecified atom stereocenters. The van der Waals surface area contributed by atoms with E-state index in [0.29, 0.717) is 0 Å². The predicted molar refractivity (Wildman–Crippen MR) is 120 cm³/mol. The Hall–Kier alpha value is -3.43. The summed E-state index contributed by atoms with van der Waals surface area (Å²) in [5, 5.41) is 32.8. The van der Waals surface area contributed by atoms with E-state index in [1.54, 1.807) is 0 Å². The van der Waals surface area contributed by atoms with Gasteiger partial charge in [0.1, 0.15) is 12.6 Å². The summed E-state index contributed by atoms with van der Waals surface area (Å²) in [7, 11) is 0. The van der Waals surface area contributed by atoms with Gasteiger partial charge in [-0.2, -0.15) is 0 Å². The maximum atomic E-state index is 12.5. The quantitative estimate of drug-likeness (QED) is 0.365. The van der Waals surface area contributed by atoms with Crippen molar-refractivity contribution < 1.29 is 34.4 Å². The number of amides is 2. The van der Waals surface area contributed by atoms with Crippen LogP contribution in [0.5, 0.6) is 0 Å². The van der Waals surface area contributed by atoms with Gasteiger partial charge in [0, 0.05) is 18.9 Å². The van der Waals surface area contributed by atoms with Gasteiger partial charge < -0.3 is 30.7 Å². The SMILES string of the molecule is CC(O)C(O)CNC(=O)C(CCC(=O)O)NC(=O)OCC1c2ccccc2-c2ccccc21. The minimum absolute atomic E-state index is 0.0495. The normalized spacial score (nSPS) is 15.0. The van der Waals surface area contributed by atoms with Crippen molar-refractivity contribution in [2.24, 2.45) is 0 Å². The second-order valence-electron chi connectivity index (χ2n) is 8.01. The molecule has 3 rings (SSSR count). The minimum atomic E-state index is -1.19. The molecule has 5 N–H and O–H groups in total. The number of rotatable bonds is 10. The molecule has 2 aromatic rings. The van der Waals surface area contributed by atoms with E-state index in [-0.39, 0.29) is 31.9 Å². The van der Waals surface area contributed by atoms with Crippen LogP contribution in [0, 0.1) is 0 Å². The van der Waals surface area contributed by atoms with Crippen molar-refractivity contribution in [3.63, 3.8) is 0 Å². The van der Waals surface area contributed by atoms with Gasteiger partial charge in [-0.3, -0.25) is 9.59 Å². The molecule has 0 heterocycles. The Bertz CT molecular complexity index is 962. The van der Waals surface area contributed by atoms with Gasteiger partial charge in [0.15, 0.2) is 0 Å². The van der Waals surface area contributed by atoms with E-state index in [4.69, 9.17) is 9.84 Å². The first-order valence-corrected chi connectivity index (χ1v) is 10.7. The van der Waals surface area contributed by atoms with Crippen molar-refractivity contribution in [3.05, 3.63) is 59.7 Å². The molecule has 176 valence electrons. The number of aliphatic hydroxyl groups excluding tert-OH is 2. The number of hydrogen-bond acceptors (Lipinski definition) is 6. The fourth-order valence-corrected chi connectivity index (χ4v) is 3.82. The zero-order valence-electron chi connectivity index (χ0n) is 18.2. The average Bonchev–Trinajstić information content (AvgIpc) is 3.12. The van der Waals surface area contributed by atoms with Crippen LogP contribution in [0.2, 0.25) is 0 Å². The van der Waals surface area contributed by atoms with Crippen LogP contribution in [0.3, 0.4) is 0 Å². The first-order chi connectivity index (χ1) is 15.8. The molecule has 0 aromatic heterocycles. The molecule has 0 saturated carbocycles. The molecule has 33 heavy (non-hydrogen) atoms. The number of aliphatic hydroxyl groups is 2. The minimum Gasteiger partial charge on any atom is -0.481 e. The molecular weight excluding hydrogens is 428 g/mol. The van der Waals surface area contributed by atoms with Crippen LogP contribution < -0.4 is 10.6 Å². The van der Waals surface area contributed by atoms with Crippen molar-refractivity contribution in [2.45, 2.75) is 43.9 Å². The molecule has 9 heteroatoms. The molecule has 0 radical (unpaired) electrons. The number of carboxylic acids is 1. The van der Waals surface area contributed by atoms with Crippen LogP contribution in [0.1, 0.15) is 36.8 Å². The van der Waals surface area contributed by atoms with E-state index < -0.39 is 36.2 Å². The van der Waals surface area contributed by atoms with Crippen LogP contribution in [0.15, 0.2) is 48.5 Å². The van der Waals surface area contributed by atoms with Crippen LogP contribution in [-0.4, -0.2) is 64.7 Å². The molecule has 1 aliphatic carbocycles. The summed E-state index contributed by atoms with van der Waals surface area (Å²) >= 11 is 0. The maximum Gasteiger partial charge on any atom is 0.407 e. The van der Waals surface area contributed by atoms with Crippen LogP contribution >= 0.6 is 0 Å². The number of ether oxygens (including phenoxy) is 1. The van der Waals surface area contributed by atoms with Gasteiger partial charge in [-0.25, -0.2) is 4.79 Å². The summed E-state index contributed by atoms with van der Waals surface area (Å²) in [5.74, 6) is -1.95. The Morgan fingerprint density at radius 3 is 2.12 bits per heavy atom. The average molecular weight is 456 g/mol. The van der Waals surface area contributed by atoms with Crippen LogP contribution in [0.4, 0.5) is 4.79 Å². The first-order valence-electron chi connectivity index (χ1n) is 10.7. The summed E-state index contributed by atoms with van der Waals surface area (Å²) < 4.78 is 5.42. The second-order valence-corrected chi connectivity index (χ2v) is 8.01. The number of nitrogens with one attached hydrogen (secondary N) is 2. The summed E-state index contributed by atoms with van der Waals surface area (Å²) in [6.07, 6.45) is -3.60. The van der Waals surface area contributed by atoms with Gasteiger partial charge >= 0.3 is 12.1 Å². The van der Waals surface area contributed by atoms with Crippen molar-refractivity contribution >= 4 is 18.0 Å². The molecule has 0 aliphatic heterocycles. The predicted octanol–water partition coefficient (Wildman–Crippen LogP) is 1.62. The Labute approximate surface area is 191 Å². The second kappa shape index (κ2) is 10.9. The van der Waals surface area contributed by atoms with Gasteiger partial charge in [-0.15, -0.1) is 0 Å². The van der Waals surface area contributed by atoms with E-state index in [1.807, 2.05) is 48.5 Å². The molecule has 2 aromatic carbocycles. The van der Waals surface area contributed by atoms with Crippen LogP contribution in [0.25, 0.3) is 11.1 Å². The third kappa shape index (κ3) is 6.09. The van der Waals surface area contributed by atoms with Crippen molar-refractivity contribution in [3.8, 4) is 11.1 Å². The highest BCUT2D eigenvalue weighted by Crippen LogP contribution is 2.44. The zero-order chi connectivity index (χ0) is 24.0. The smallest absolute Gasteiger partial charge is 0.407 e. The van der Waals surface area contributed by atoms with Crippen molar-refractivity contribution in [1.29, 1.82) is 0 Å². The molecular formula is C24H28N2O7. The number of fused-ring (bicyclic) bond motifs is 3. The monoisotopic (exact) mass is 456 g/mol. The summed E-state index contributed by atoms with van der Waals surface area (Å²) in [6, 6.07) is 14.6. The Morgan fingerprint density at radius 2 is 1.58 bits per heavy atom. The fraction of sp³-hybridized carbons (Fsp3) is 0.375. The number of hydrogen-bond donors (Lipinski definition) is 5. The molecule has 0 fully saturated rings. The fourth-order valence-electron chi connectivity index (χ4n) is 3.82. The summed E-state index contributed by atoms with van der Waals surface area (Å²) in [4.78, 5) is 35.9. The van der Waals surface area contributed by atoms with E-state index in [0.717, 1.165) is 22.3 Å². The van der Waals surface area contributed by atoms with Crippen molar-refractivity contribution in [1.82, 2.24) is 10.6 Å². The summed E-state index contributed by atoms with van der Waals surface area (Å²) in [6.45, 7) is 1.17. The highest BCUT2D eigenvalue weighted by atomic mass is 16.5. The lowest BCUT2D eigenvalue weighted by molar-refractivity contribution is -0.137. The van der Waals surface area contributed by atoms with E-state index in [9.17, 15) is 24.6 Å². The van der Waals surface area contributed by atoms with Gasteiger partial charge in [0.05, 0.1) is 12.2 Å². The first kappa shape index (κ1) is 24.2. The number of alkyl carbamates (subject to hydrolysis) is 1. The molecule has 0 bridgehead atoms. The number of carbonyl (C=O) groups is 3. The zero-order valence-corrected chi connectivity index (χ0v) is 18.2. The van der Waals surface area contributed by atoms with Gasteiger partial charge in [0.25, 0.3) is 0 Å². The molecule has 3 atom stereocenters. The topological polar surface area (TPSA) is 145 Å². The van der Waals surface area contributed by atoms with Gasteiger partial charge in [-0.1, -0.05) is 48.5 Å². The molecule has 9 nitrogen and oxygen atoms in total. The number of carboxylic acid groups (broad SMARTS) is 1. The van der Waals surface area contributed by atoms with E-state index in [2.05, 4.69) is 10.6 Å². The Kier molecular flexibility index (Phi) is 8.02. The number of aliphatic carboxylic acids is 1. The number of benzene rings is 2. The number of carbonyl (C=O) groups excluding carboxylic acids is 2. The molecule has 0 saturated heterocycles. The maximum absolute atomic E-state index is 12.5. The van der Waals surface area contributed by atoms with E-state index in [1.165, 1.54) is 6.92 Å². The molecule has 1 aliphatic rings. The highest BCUT2D eigenvalue weighted by molar-refractivity contribution is 5.86. The Balaban J connectivity index is 1.63. The third-order valence-corrected chi connectivity index (χ3v) is 5.64. The lowest BCUT2D eigenvalue weighted by atomic mass is 9.98. The van der Waals surface area contributed by atoms with E-state index >= 15 is 0 Å². The highest BCUT2D eigenvalue weighted by Gasteiger charge is 2.30. The molecule has 2 amide bonds. The van der Waals surface area contributed by atoms with Gasteiger partial charge in [-0.05, 0) is 35.6 Å². The summed E-state index contributed by atoms with van der Waals surface area (Å²) in [5.41, 5.74) is 4.24. The lowest BCUT2D eigenvalue weighted by Gasteiger charge is -2.21. The Morgan fingerprint density at radius 1 is 1.00 bits per heavy atom. The molecule has 0 spiro atoms. The van der Waals surface area contributed by atoms with Crippen LogP contribution in [-0.2, 0) is 14.3 Å². The largest absolute Gasteiger partial charge is 0.481 e. The standard InChI is InChI=1S/C24H28N2O7/c1-14(27)21(28)12-25-23(31)20(10-11-22(29)30)26-24(32)33-13-19-17-8-4-2-6-15(17)16-7-3-5-9-18(16)19/h2-9,14,19-21,27-28H,10-13H2,1H3,(H,25,31)(H,26,32)(H,29,30). The lowest BCUT2D eigenvalue weighted by Crippen LogP contribution is -2.49. The third-order valence-electron chi connectivity index (χ3n) is 5.64. The van der Waals surface area contributed by atoms with Crippen molar-refractivity contribution in [2.75, 3.05) is 13.2 Å². The van der Waals surface area contributed by atoms with Gasteiger partial charge in [0.2, 0.25) is 5.91 Å².